The van der Waals surface area contributed by atoms with Gasteiger partial charge in [-0.3, -0.25) is 9.59 Å². The molecule has 3 atom stereocenters. The van der Waals surface area contributed by atoms with Crippen molar-refractivity contribution in [3.63, 3.8) is 0 Å². The number of benzene rings is 2. The Hall–Kier alpha value is -3.35. The number of carbonyl (C=O) groups excluding carboxylic acids is 3. The van der Waals surface area contributed by atoms with E-state index < -0.39 is 12.1 Å². The van der Waals surface area contributed by atoms with E-state index in [0.717, 1.165) is 5.56 Å². The van der Waals surface area contributed by atoms with Crippen molar-refractivity contribution in [2.75, 3.05) is 11.9 Å². The van der Waals surface area contributed by atoms with Crippen LogP contribution in [0, 0.1) is 0 Å². The molecule has 162 valence electrons. The zero-order chi connectivity index (χ0) is 22.0. The average Bonchev–Trinajstić information content (AvgIpc) is 3.17. The van der Waals surface area contributed by atoms with E-state index in [1.807, 2.05) is 54.6 Å². The molecule has 0 spiro atoms. The van der Waals surface area contributed by atoms with E-state index in [-0.39, 0.29) is 23.9 Å². The van der Waals surface area contributed by atoms with Crippen molar-refractivity contribution in [3.05, 3.63) is 65.7 Å². The lowest BCUT2D eigenvalue weighted by Crippen LogP contribution is -2.61. The zero-order valence-corrected chi connectivity index (χ0v) is 17.8. The van der Waals surface area contributed by atoms with E-state index in [2.05, 4.69) is 29.8 Å². The van der Waals surface area contributed by atoms with Crippen LogP contribution < -0.4 is 16.0 Å². The van der Waals surface area contributed by atoms with E-state index in [9.17, 15) is 14.4 Å². The van der Waals surface area contributed by atoms with Crippen molar-refractivity contribution in [1.82, 2.24) is 15.5 Å². The van der Waals surface area contributed by atoms with Gasteiger partial charge in [0.15, 0.2) is 0 Å². The minimum absolute atomic E-state index is 0.0950. The van der Waals surface area contributed by atoms with Gasteiger partial charge in [0.1, 0.15) is 12.1 Å². The van der Waals surface area contributed by atoms with Gasteiger partial charge in [0, 0.05) is 18.7 Å². The molecule has 4 rings (SSSR count). The predicted molar refractivity (Wildman–Crippen MR) is 119 cm³/mol. The Morgan fingerprint density at radius 3 is 2.48 bits per heavy atom. The number of amides is 4. The summed E-state index contributed by atoms with van der Waals surface area (Å²) in [7, 11) is 0. The van der Waals surface area contributed by atoms with Crippen LogP contribution in [0.3, 0.4) is 0 Å². The van der Waals surface area contributed by atoms with Crippen LogP contribution in [-0.2, 0) is 16.0 Å². The molecule has 2 aliphatic heterocycles. The Morgan fingerprint density at radius 1 is 1.10 bits per heavy atom. The van der Waals surface area contributed by atoms with Crippen molar-refractivity contribution in [1.29, 1.82) is 0 Å². The van der Waals surface area contributed by atoms with Crippen molar-refractivity contribution >= 4 is 23.5 Å². The minimum atomic E-state index is -0.571. The number of nitrogens with zero attached hydrogens (tertiary/aromatic N) is 1. The number of hydrogen-bond donors (Lipinski definition) is 3. The van der Waals surface area contributed by atoms with Crippen LogP contribution in [0.1, 0.15) is 37.3 Å². The molecule has 4 amide bonds. The zero-order valence-electron chi connectivity index (χ0n) is 17.8. The molecule has 2 aromatic rings. The number of fused-ring (bicyclic) bond motifs is 1. The van der Waals surface area contributed by atoms with Gasteiger partial charge in [0.05, 0.1) is 6.04 Å². The lowest BCUT2D eigenvalue weighted by molar-refractivity contribution is -0.147. The Morgan fingerprint density at radius 2 is 1.81 bits per heavy atom. The summed E-state index contributed by atoms with van der Waals surface area (Å²) in [6, 6.07) is 15.6. The third-order valence-electron chi connectivity index (χ3n) is 5.95. The number of piperazine rings is 1. The molecule has 2 aliphatic rings. The van der Waals surface area contributed by atoms with Crippen LogP contribution >= 0.6 is 0 Å². The Kier molecular flexibility index (Phi) is 5.93. The number of carbonyl (C=O) groups is 3. The molecule has 7 nitrogen and oxygen atoms in total. The molecule has 2 saturated heterocycles. The summed E-state index contributed by atoms with van der Waals surface area (Å²) >= 11 is 0. The Labute approximate surface area is 182 Å². The van der Waals surface area contributed by atoms with Crippen LogP contribution in [0.25, 0.3) is 0 Å². The first kappa shape index (κ1) is 20.9. The van der Waals surface area contributed by atoms with E-state index in [0.29, 0.717) is 31.0 Å². The highest BCUT2D eigenvalue weighted by atomic mass is 16.2. The SMILES string of the molecule is CC(C)c1ccc(NC(=O)N[C@H]2C[C@H]3C(=O)N[C@H](Cc4ccccc4)C(=O)N3C2)cc1. The first-order valence-electron chi connectivity index (χ1n) is 10.7. The lowest BCUT2D eigenvalue weighted by atomic mass is 10.0. The van der Waals surface area contributed by atoms with E-state index in [4.69, 9.17) is 0 Å². The summed E-state index contributed by atoms with van der Waals surface area (Å²) in [5.74, 6) is 0.171. The molecule has 0 bridgehead atoms. The third-order valence-corrected chi connectivity index (χ3v) is 5.95. The second-order valence-corrected chi connectivity index (χ2v) is 8.57. The molecule has 0 radical (unpaired) electrons. The molecule has 0 aliphatic carbocycles. The number of nitrogens with one attached hydrogen (secondary N) is 3. The number of rotatable bonds is 5. The van der Waals surface area contributed by atoms with Crippen LogP contribution in [0.5, 0.6) is 0 Å². The number of anilines is 1. The molecule has 2 fully saturated rings. The normalized spacial score (nSPS) is 22.8. The molecule has 3 N–H and O–H groups in total. The summed E-state index contributed by atoms with van der Waals surface area (Å²) < 4.78 is 0. The van der Waals surface area contributed by atoms with Crippen LogP contribution in [0.2, 0.25) is 0 Å². The van der Waals surface area contributed by atoms with Crippen LogP contribution in [0.4, 0.5) is 10.5 Å². The maximum atomic E-state index is 12.9. The molecular weight excluding hydrogens is 392 g/mol. The first-order chi connectivity index (χ1) is 14.9. The van der Waals surface area contributed by atoms with Gasteiger partial charge in [0.25, 0.3) is 0 Å². The van der Waals surface area contributed by atoms with Gasteiger partial charge in [-0.15, -0.1) is 0 Å². The summed E-state index contributed by atoms with van der Waals surface area (Å²) in [5, 5.41) is 8.58. The van der Waals surface area contributed by atoms with Gasteiger partial charge >= 0.3 is 6.03 Å². The summed E-state index contributed by atoms with van der Waals surface area (Å²) in [6.07, 6.45) is 0.870. The van der Waals surface area contributed by atoms with Crippen molar-refractivity contribution < 1.29 is 14.4 Å². The fourth-order valence-electron chi connectivity index (χ4n) is 4.25. The van der Waals surface area contributed by atoms with Gasteiger partial charge < -0.3 is 20.9 Å². The fraction of sp³-hybridized carbons (Fsp3) is 0.375. The maximum Gasteiger partial charge on any atom is 0.319 e. The summed E-state index contributed by atoms with van der Waals surface area (Å²) in [5.41, 5.74) is 2.90. The average molecular weight is 421 g/mol. The third kappa shape index (κ3) is 4.71. The van der Waals surface area contributed by atoms with E-state index >= 15 is 0 Å². The van der Waals surface area contributed by atoms with E-state index in [1.54, 1.807) is 4.90 Å². The van der Waals surface area contributed by atoms with Gasteiger partial charge in [-0.1, -0.05) is 56.3 Å². The lowest BCUT2D eigenvalue weighted by Gasteiger charge is -2.34. The topological polar surface area (TPSA) is 90.5 Å². The molecule has 31 heavy (non-hydrogen) atoms. The van der Waals surface area contributed by atoms with Gasteiger partial charge in [0.2, 0.25) is 11.8 Å². The Bertz CT molecular complexity index is 959. The van der Waals surface area contributed by atoms with Crippen molar-refractivity contribution in [3.8, 4) is 0 Å². The number of hydrogen-bond acceptors (Lipinski definition) is 3. The molecule has 2 aromatic carbocycles. The molecular formula is C24H28N4O3. The van der Waals surface area contributed by atoms with Gasteiger partial charge in [-0.2, -0.15) is 0 Å². The highest BCUT2D eigenvalue weighted by Crippen LogP contribution is 2.24. The van der Waals surface area contributed by atoms with E-state index in [1.165, 1.54) is 5.56 Å². The van der Waals surface area contributed by atoms with Crippen LogP contribution in [0.15, 0.2) is 54.6 Å². The second-order valence-electron chi connectivity index (χ2n) is 8.57. The van der Waals surface area contributed by atoms with Gasteiger partial charge in [-0.25, -0.2) is 4.79 Å². The van der Waals surface area contributed by atoms with Crippen molar-refractivity contribution in [2.24, 2.45) is 0 Å². The quantitative estimate of drug-likeness (QED) is 0.695. The van der Waals surface area contributed by atoms with Crippen molar-refractivity contribution in [2.45, 2.75) is 50.7 Å². The minimum Gasteiger partial charge on any atom is -0.342 e. The molecule has 0 unspecified atom stereocenters. The molecule has 0 aromatic heterocycles. The first-order valence-corrected chi connectivity index (χ1v) is 10.7. The molecule has 2 heterocycles. The predicted octanol–water partition coefficient (Wildman–Crippen LogP) is 2.64. The fourth-order valence-corrected chi connectivity index (χ4v) is 4.25. The smallest absolute Gasteiger partial charge is 0.319 e. The molecule has 7 heteroatoms. The maximum absolute atomic E-state index is 12.9. The largest absolute Gasteiger partial charge is 0.342 e. The monoisotopic (exact) mass is 420 g/mol. The highest BCUT2D eigenvalue weighted by molar-refractivity contribution is 5.98. The standard InChI is InChI=1S/C24H28N4O3/c1-15(2)17-8-10-18(11-9-17)25-24(31)26-19-13-21-22(29)27-20(23(30)28(21)14-19)12-16-6-4-3-5-7-16/h3-11,15,19-21H,12-14H2,1-2H3,(H,27,29)(H2,25,26,31)/t19-,20+,21-/m0/s1. The molecule has 0 saturated carbocycles. The summed E-state index contributed by atoms with van der Waals surface area (Å²) in [6.45, 7) is 4.57. The van der Waals surface area contributed by atoms with Gasteiger partial charge in [-0.05, 0) is 35.6 Å². The second kappa shape index (κ2) is 8.79. The Balaban J connectivity index is 1.34. The van der Waals surface area contributed by atoms with Crippen LogP contribution in [-0.4, -0.2) is 47.4 Å². The highest BCUT2D eigenvalue weighted by Gasteiger charge is 2.46. The summed E-state index contributed by atoms with van der Waals surface area (Å²) in [4.78, 5) is 39.6. The number of urea groups is 1.